The summed E-state index contributed by atoms with van der Waals surface area (Å²) in [6, 6.07) is 13.7. The molecule has 15 heteroatoms. The largest absolute Gasteiger partial charge is 0.495 e. The lowest BCUT2D eigenvalue weighted by Crippen LogP contribution is -2.38. The van der Waals surface area contributed by atoms with E-state index < -0.39 is 34.5 Å². The van der Waals surface area contributed by atoms with E-state index in [4.69, 9.17) is 4.74 Å². The van der Waals surface area contributed by atoms with E-state index in [-0.39, 0.29) is 29.6 Å². The minimum absolute atomic E-state index is 0.0272. The van der Waals surface area contributed by atoms with E-state index in [9.17, 15) is 27.9 Å². The van der Waals surface area contributed by atoms with Crippen molar-refractivity contribution in [3.8, 4) is 5.75 Å². The number of para-hydroxylation sites is 1. The number of nitrogens with zero attached hydrogens (tertiary/aromatic N) is 4. The highest BCUT2D eigenvalue weighted by molar-refractivity contribution is 8.04. The fourth-order valence-corrected chi connectivity index (χ4v) is 5.60. The maximum absolute atomic E-state index is 12.9. The monoisotopic (exact) mass is 621 g/mol. The van der Waals surface area contributed by atoms with Gasteiger partial charge in [-0.1, -0.05) is 24.3 Å². The van der Waals surface area contributed by atoms with E-state index in [2.05, 4.69) is 30.9 Å². The van der Waals surface area contributed by atoms with Crippen molar-refractivity contribution in [2.24, 2.45) is 9.98 Å². The summed E-state index contributed by atoms with van der Waals surface area (Å²) in [6.45, 7) is 1.76. The van der Waals surface area contributed by atoms with Gasteiger partial charge in [-0.05, 0) is 48.4 Å². The number of urea groups is 1. The highest BCUT2D eigenvalue weighted by Gasteiger charge is 2.34. The van der Waals surface area contributed by atoms with Crippen LogP contribution in [-0.4, -0.2) is 72.8 Å². The molecule has 14 nitrogen and oxygen atoms in total. The van der Waals surface area contributed by atoms with Gasteiger partial charge in [-0.2, -0.15) is 4.31 Å². The number of anilines is 3. The summed E-state index contributed by atoms with van der Waals surface area (Å²) in [4.78, 5) is 48.6. The fourth-order valence-electron chi connectivity index (χ4n) is 4.34. The van der Waals surface area contributed by atoms with Crippen LogP contribution in [0.25, 0.3) is 0 Å². The van der Waals surface area contributed by atoms with E-state index in [1.165, 1.54) is 32.5 Å². The Hall–Kier alpha value is -5.15. The second kappa shape index (κ2) is 13.9. The Morgan fingerprint density at radius 1 is 1.05 bits per heavy atom. The molecule has 1 aromatic heterocycles. The van der Waals surface area contributed by atoms with Crippen LogP contribution >= 0.6 is 0 Å². The molecular weight excluding hydrogens is 590 g/mol. The van der Waals surface area contributed by atoms with Gasteiger partial charge in [0.05, 0.1) is 55.8 Å². The molecule has 0 saturated heterocycles. The molecule has 0 spiro atoms. The number of aliphatic imine (C=N–C) groups is 2. The van der Waals surface area contributed by atoms with Crippen LogP contribution in [0, 0.1) is 6.92 Å². The summed E-state index contributed by atoms with van der Waals surface area (Å²) in [7, 11) is -1.37. The first-order valence-electron chi connectivity index (χ1n) is 13.3. The second-order valence-corrected chi connectivity index (χ2v) is 11.7. The molecule has 2 heterocycles. The van der Waals surface area contributed by atoms with Crippen LogP contribution in [0.2, 0.25) is 0 Å². The van der Waals surface area contributed by atoms with Gasteiger partial charge < -0.3 is 25.8 Å². The van der Waals surface area contributed by atoms with E-state index in [0.717, 1.165) is 16.2 Å². The quantitative estimate of drug-likeness (QED) is 0.250. The average Bonchev–Trinajstić information content (AvgIpc) is 3.54. The third kappa shape index (κ3) is 7.81. The van der Waals surface area contributed by atoms with E-state index >= 15 is 0 Å². The van der Waals surface area contributed by atoms with Gasteiger partial charge in [-0.25, -0.2) is 18.2 Å². The predicted octanol–water partition coefficient (Wildman–Crippen LogP) is 3.44. The summed E-state index contributed by atoms with van der Waals surface area (Å²) in [6.07, 6.45) is 1.89. The molecule has 4 N–H and O–H groups in total. The zero-order chi connectivity index (χ0) is 31.9. The van der Waals surface area contributed by atoms with Crippen molar-refractivity contribution in [2.75, 3.05) is 36.7 Å². The minimum atomic E-state index is -4.08. The Morgan fingerprint density at radius 2 is 1.80 bits per heavy atom. The van der Waals surface area contributed by atoms with Gasteiger partial charge in [-0.15, -0.1) is 0 Å². The number of sulfonamides is 1. The van der Waals surface area contributed by atoms with Crippen LogP contribution in [0.4, 0.5) is 21.9 Å². The number of benzene rings is 2. The van der Waals surface area contributed by atoms with Crippen molar-refractivity contribution in [2.45, 2.75) is 25.8 Å². The first-order valence-corrected chi connectivity index (χ1v) is 14.7. The number of ether oxygens (including phenoxy) is 1. The molecule has 1 aliphatic rings. The van der Waals surface area contributed by atoms with E-state index in [1.54, 1.807) is 24.3 Å². The highest BCUT2D eigenvalue weighted by Crippen LogP contribution is 2.28. The number of aliphatic carboxylic acids is 1. The molecule has 230 valence electrons. The van der Waals surface area contributed by atoms with Gasteiger partial charge in [0.15, 0.2) is 5.04 Å². The van der Waals surface area contributed by atoms with Crippen molar-refractivity contribution >= 4 is 56.4 Å². The number of rotatable bonds is 11. The molecule has 0 bridgehead atoms. The number of methoxy groups -OCH3 is 1. The summed E-state index contributed by atoms with van der Waals surface area (Å²) in [5.74, 6) is -1.23. The molecule has 0 fully saturated rings. The molecule has 4 rings (SSSR count). The zero-order valence-corrected chi connectivity index (χ0v) is 25.0. The topological polar surface area (TPSA) is 192 Å². The molecule has 0 aliphatic carbocycles. The van der Waals surface area contributed by atoms with Gasteiger partial charge in [-0.3, -0.25) is 19.6 Å². The lowest BCUT2D eigenvalue weighted by Gasteiger charge is -2.25. The summed E-state index contributed by atoms with van der Waals surface area (Å²) < 4.78 is 32.2. The molecular formula is C29H31N7O7S. The van der Waals surface area contributed by atoms with Crippen LogP contribution in [0.1, 0.15) is 29.3 Å². The second-order valence-electron chi connectivity index (χ2n) is 9.74. The number of hydrogen-bond acceptors (Lipinski definition) is 9. The van der Waals surface area contributed by atoms with Gasteiger partial charge in [0.1, 0.15) is 12.1 Å². The smallest absolute Gasteiger partial charge is 0.323 e. The average molecular weight is 622 g/mol. The maximum Gasteiger partial charge on any atom is 0.323 e. The number of carbonyl (C=O) groups is 3. The first-order chi connectivity index (χ1) is 21.0. The Bertz CT molecular complexity index is 1720. The number of aryl methyl sites for hydroxylation is 1. The first kappa shape index (κ1) is 31.8. The molecule has 0 radical (unpaired) electrons. The van der Waals surface area contributed by atoms with Crippen LogP contribution in [-0.2, 0) is 26.0 Å². The lowest BCUT2D eigenvalue weighted by molar-refractivity contribution is -0.138. The number of carbonyl (C=O) groups excluding carboxylic acids is 2. The summed E-state index contributed by atoms with van der Waals surface area (Å²) >= 11 is 0. The van der Waals surface area contributed by atoms with Crippen LogP contribution in [0.5, 0.6) is 5.75 Å². The van der Waals surface area contributed by atoms with Gasteiger partial charge in [0.2, 0.25) is 5.91 Å². The number of amides is 3. The number of aromatic nitrogens is 1. The van der Waals surface area contributed by atoms with Crippen molar-refractivity contribution < 1.29 is 32.6 Å². The number of hydrogen-bond donors (Lipinski definition) is 4. The van der Waals surface area contributed by atoms with E-state index in [0.29, 0.717) is 28.4 Å². The lowest BCUT2D eigenvalue weighted by atomic mass is 10.1. The van der Waals surface area contributed by atoms with Gasteiger partial charge >= 0.3 is 12.0 Å². The molecule has 0 saturated carbocycles. The summed E-state index contributed by atoms with van der Waals surface area (Å²) in [5, 5.41) is 17.5. The third-order valence-corrected chi connectivity index (χ3v) is 8.52. The van der Waals surface area contributed by atoms with E-state index in [1.807, 2.05) is 25.1 Å². The van der Waals surface area contributed by atoms with Gasteiger partial charge in [0.25, 0.3) is 10.0 Å². The Kier molecular flexibility index (Phi) is 10.0. The van der Waals surface area contributed by atoms with Gasteiger partial charge in [0, 0.05) is 12.7 Å². The molecule has 1 unspecified atom stereocenters. The van der Waals surface area contributed by atoms with Crippen LogP contribution in [0.15, 0.2) is 70.8 Å². The molecule has 3 aromatic rings. The summed E-state index contributed by atoms with van der Waals surface area (Å²) in [5.41, 5.74) is 3.11. The Balaban J connectivity index is 1.40. The Morgan fingerprint density at radius 3 is 2.43 bits per heavy atom. The maximum atomic E-state index is 12.9. The zero-order valence-electron chi connectivity index (χ0n) is 24.1. The SMILES string of the molecule is COc1cc(CC(=O)Nc2ccc(C(CC(=O)O)N(C)S(=O)(=O)C3=NC=NC3)nc2)ccc1NC(=O)Nc1ccccc1C. The van der Waals surface area contributed by atoms with Crippen LogP contribution in [0.3, 0.4) is 0 Å². The van der Waals surface area contributed by atoms with Crippen molar-refractivity contribution in [1.29, 1.82) is 0 Å². The number of carboxylic acids is 1. The van der Waals surface area contributed by atoms with Crippen LogP contribution < -0.4 is 20.7 Å². The number of carboxylic acid groups (broad SMARTS) is 1. The third-order valence-electron chi connectivity index (χ3n) is 6.68. The highest BCUT2D eigenvalue weighted by atomic mass is 32.2. The normalized spacial score (nSPS) is 13.2. The minimum Gasteiger partial charge on any atom is -0.495 e. The fraction of sp³-hybridized carbons (Fsp3) is 0.241. The number of nitrogens with one attached hydrogen (secondary N) is 3. The molecule has 3 amide bonds. The van der Waals surface area contributed by atoms with Crippen molar-refractivity contribution in [3.63, 3.8) is 0 Å². The molecule has 1 atom stereocenters. The molecule has 1 aliphatic heterocycles. The Labute approximate surface area is 253 Å². The molecule has 2 aromatic carbocycles. The van der Waals surface area contributed by atoms with Crippen molar-refractivity contribution in [1.82, 2.24) is 9.29 Å². The van der Waals surface area contributed by atoms with Crippen molar-refractivity contribution in [3.05, 3.63) is 77.6 Å². The standard InChI is InChI=1S/C29H31N7O7S/c1-18-6-4-5-7-21(18)34-29(40)35-23-10-8-19(12-25(23)43-3)13-26(37)33-20-9-11-22(31-15-20)24(14-28(38)39)36(2)44(41,42)27-16-30-17-32-27/h4-12,15,17,24H,13-14,16H2,1-3H3,(H,33,37)(H,38,39)(H2,34,35,40). The number of pyridine rings is 1. The molecule has 44 heavy (non-hydrogen) atoms. The predicted molar refractivity (Wildman–Crippen MR) is 166 cm³/mol.